The molecular formula is C19H25NO4. The maximum Gasteiger partial charge on any atom is 0.254 e. The van der Waals surface area contributed by atoms with E-state index in [0.29, 0.717) is 17.7 Å². The Morgan fingerprint density at radius 3 is 2.38 bits per heavy atom. The third-order valence-corrected chi connectivity index (χ3v) is 5.67. The molecule has 0 spiro atoms. The summed E-state index contributed by atoms with van der Waals surface area (Å²) >= 11 is 0. The molecule has 0 N–H and O–H groups in total. The highest BCUT2D eigenvalue weighted by molar-refractivity contribution is 5.98. The third kappa shape index (κ3) is 2.87. The van der Waals surface area contributed by atoms with Crippen LogP contribution in [0.15, 0.2) is 24.3 Å². The van der Waals surface area contributed by atoms with Gasteiger partial charge in [-0.15, -0.1) is 0 Å². The number of hydrogen-bond acceptors (Lipinski definition) is 4. The van der Waals surface area contributed by atoms with Crippen molar-refractivity contribution in [2.45, 2.75) is 50.4 Å². The van der Waals surface area contributed by atoms with Crippen molar-refractivity contribution in [1.82, 2.24) is 4.90 Å². The van der Waals surface area contributed by atoms with Crippen LogP contribution < -0.4 is 0 Å². The van der Waals surface area contributed by atoms with Crippen LogP contribution in [0.1, 0.15) is 53.3 Å². The van der Waals surface area contributed by atoms with E-state index in [1.165, 1.54) is 6.92 Å². The number of rotatable bonds is 4. The second-order valence-corrected chi connectivity index (χ2v) is 6.80. The third-order valence-electron chi connectivity index (χ3n) is 5.67. The molecule has 1 aromatic carbocycles. The number of Topliss-reactive ketones (excluding diaryl/α,β-unsaturated/α-hetero) is 1. The molecule has 1 saturated heterocycles. The van der Waals surface area contributed by atoms with Gasteiger partial charge in [0.2, 0.25) is 0 Å². The normalized spacial score (nSPS) is 29.4. The number of likely N-dealkylation sites (tertiary alicyclic amines) is 1. The first-order chi connectivity index (χ1) is 11.5. The summed E-state index contributed by atoms with van der Waals surface area (Å²) in [6.07, 6.45) is 3.73. The maximum atomic E-state index is 13.0. The van der Waals surface area contributed by atoms with Crippen LogP contribution in [-0.2, 0) is 9.47 Å². The summed E-state index contributed by atoms with van der Waals surface area (Å²) in [5, 5.41) is 0. The van der Waals surface area contributed by atoms with Crippen molar-refractivity contribution < 1.29 is 19.1 Å². The Labute approximate surface area is 142 Å². The van der Waals surface area contributed by atoms with Gasteiger partial charge in [0.1, 0.15) is 0 Å². The summed E-state index contributed by atoms with van der Waals surface area (Å²) < 4.78 is 11.4. The van der Waals surface area contributed by atoms with Crippen molar-refractivity contribution in [2.75, 3.05) is 20.8 Å². The van der Waals surface area contributed by atoms with E-state index in [1.54, 1.807) is 38.5 Å². The first-order valence-corrected chi connectivity index (χ1v) is 8.50. The molecule has 1 aliphatic heterocycles. The molecule has 24 heavy (non-hydrogen) atoms. The van der Waals surface area contributed by atoms with Crippen LogP contribution in [0.25, 0.3) is 0 Å². The van der Waals surface area contributed by atoms with Gasteiger partial charge in [0.05, 0.1) is 17.7 Å². The van der Waals surface area contributed by atoms with Crippen molar-refractivity contribution >= 4 is 11.7 Å². The van der Waals surface area contributed by atoms with Gasteiger partial charge >= 0.3 is 0 Å². The fourth-order valence-corrected chi connectivity index (χ4v) is 4.13. The molecule has 5 heteroatoms. The molecule has 1 aromatic rings. The molecule has 130 valence electrons. The molecule has 1 amide bonds. The highest BCUT2D eigenvalue weighted by Gasteiger charge is 2.52. The Bertz CT molecular complexity index is 627. The summed E-state index contributed by atoms with van der Waals surface area (Å²) in [6, 6.07) is 6.95. The van der Waals surface area contributed by atoms with E-state index < -0.39 is 0 Å². The average Bonchev–Trinajstić information content (AvgIpc) is 3.00. The maximum absolute atomic E-state index is 13.0. The average molecular weight is 331 g/mol. The van der Waals surface area contributed by atoms with Gasteiger partial charge in [0.25, 0.3) is 5.91 Å². The quantitative estimate of drug-likeness (QED) is 0.796. The van der Waals surface area contributed by atoms with Crippen molar-refractivity contribution in [2.24, 2.45) is 0 Å². The predicted molar refractivity (Wildman–Crippen MR) is 90.3 cm³/mol. The van der Waals surface area contributed by atoms with Gasteiger partial charge in [0, 0.05) is 31.9 Å². The topological polar surface area (TPSA) is 55.8 Å². The standard InChI is InChI=1S/C19H25NO4/c1-13(21)14-4-6-15(7-5-14)18(22)20-11-10-19(24-3)9-8-16(23-2)12-17(19)20/h4-7,16-17H,8-12H2,1-3H3/t16-,17+,19-/m1/s1. The summed E-state index contributed by atoms with van der Waals surface area (Å²) in [5.74, 6) is 0.00886. The first-order valence-electron chi connectivity index (χ1n) is 8.50. The largest absolute Gasteiger partial charge is 0.381 e. The molecule has 0 aromatic heterocycles. The van der Waals surface area contributed by atoms with Gasteiger partial charge in [-0.3, -0.25) is 9.59 Å². The summed E-state index contributed by atoms with van der Waals surface area (Å²) in [4.78, 5) is 26.3. The van der Waals surface area contributed by atoms with Gasteiger partial charge < -0.3 is 14.4 Å². The van der Waals surface area contributed by atoms with Crippen molar-refractivity contribution in [3.8, 4) is 0 Å². The SMILES string of the molecule is CO[C@@H]1CC[C@@]2(OC)CCN(C(=O)c3ccc(C(C)=O)cc3)[C@H]2C1. The van der Waals surface area contributed by atoms with Gasteiger partial charge in [-0.2, -0.15) is 0 Å². The zero-order valence-electron chi connectivity index (χ0n) is 14.6. The molecule has 0 bridgehead atoms. The smallest absolute Gasteiger partial charge is 0.254 e. The number of carbonyl (C=O) groups excluding carboxylic acids is 2. The van der Waals surface area contributed by atoms with Crippen LogP contribution in [0.2, 0.25) is 0 Å². The summed E-state index contributed by atoms with van der Waals surface area (Å²) in [7, 11) is 3.47. The number of hydrogen-bond donors (Lipinski definition) is 0. The van der Waals surface area contributed by atoms with E-state index in [1.807, 2.05) is 4.90 Å². The zero-order chi connectivity index (χ0) is 17.3. The van der Waals surface area contributed by atoms with Crippen LogP contribution in [0.3, 0.4) is 0 Å². The second-order valence-electron chi connectivity index (χ2n) is 6.80. The number of nitrogens with zero attached hydrogens (tertiary/aromatic N) is 1. The number of methoxy groups -OCH3 is 2. The predicted octanol–water partition coefficient (Wildman–Crippen LogP) is 2.69. The molecule has 2 aliphatic rings. The Balaban J connectivity index is 1.82. The number of amides is 1. The summed E-state index contributed by atoms with van der Waals surface area (Å²) in [5.41, 5.74) is 0.993. The molecular weight excluding hydrogens is 306 g/mol. The number of carbonyl (C=O) groups is 2. The monoisotopic (exact) mass is 331 g/mol. The van der Waals surface area contributed by atoms with E-state index in [-0.39, 0.29) is 29.4 Å². The fourth-order valence-electron chi connectivity index (χ4n) is 4.13. The molecule has 3 rings (SSSR count). The van der Waals surface area contributed by atoms with Crippen LogP contribution in [-0.4, -0.2) is 55.1 Å². The van der Waals surface area contributed by atoms with Crippen LogP contribution in [0, 0.1) is 0 Å². The summed E-state index contributed by atoms with van der Waals surface area (Å²) in [6.45, 7) is 2.22. The highest BCUT2D eigenvalue weighted by atomic mass is 16.5. The van der Waals surface area contributed by atoms with E-state index >= 15 is 0 Å². The highest BCUT2D eigenvalue weighted by Crippen LogP contribution is 2.43. The van der Waals surface area contributed by atoms with Gasteiger partial charge in [-0.1, -0.05) is 12.1 Å². The van der Waals surface area contributed by atoms with Crippen molar-refractivity contribution in [3.63, 3.8) is 0 Å². The lowest BCUT2D eigenvalue weighted by atomic mass is 9.79. The minimum atomic E-state index is -0.246. The molecule has 0 unspecified atom stereocenters. The van der Waals surface area contributed by atoms with Crippen LogP contribution in [0.5, 0.6) is 0 Å². The number of ketones is 1. The lowest BCUT2D eigenvalue weighted by molar-refractivity contribution is -0.0893. The lowest BCUT2D eigenvalue weighted by Gasteiger charge is -2.43. The Morgan fingerprint density at radius 2 is 1.79 bits per heavy atom. The van der Waals surface area contributed by atoms with E-state index in [9.17, 15) is 9.59 Å². The van der Waals surface area contributed by atoms with Gasteiger partial charge in [-0.05, 0) is 44.7 Å². The molecule has 2 fully saturated rings. The van der Waals surface area contributed by atoms with Crippen LogP contribution >= 0.6 is 0 Å². The van der Waals surface area contributed by atoms with E-state index in [4.69, 9.17) is 9.47 Å². The zero-order valence-corrected chi connectivity index (χ0v) is 14.6. The van der Waals surface area contributed by atoms with Crippen molar-refractivity contribution in [3.05, 3.63) is 35.4 Å². The first kappa shape index (κ1) is 17.1. The molecule has 3 atom stereocenters. The minimum Gasteiger partial charge on any atom is -0.381 e. The molecule has 1 aliphatic carbocycles. The van der Waals surface area contributed by atoms with Crippen LogP contribution in [0.4, 0.5) is 0 Å². The Kier molecular flexibility index (Phi) is 4.74. The lowest BCUT2D eigenvalue weighted by Crippen LogP contribution is -2.53. The molecule has 0 radical (unpaired) electrons. The van der Waals surface area contributed by atoms with E-state index in [0.717, 1.165) is 25.7 Å². The Morgan fingerprint density at radius 1 is 1.12 bits per heavy atom. The van der Waals surface area contributed by atoms with Gasteiger partial charge in [-0.25, -0.2) is 0 Å². The number of benzene rings is 1. The fraction of sp³-hybridized carbons (Fsp3) is 0.579. The second kappa shape index (κ2) is 6.65. The minimum absolute atomic E-state index is 0.00351. The molecule has 5 nitrogen and oxygen atoms in total. The van der Waals surface area contributed by atoms with E-state index in [2.05, 4.69) is 0 Å². The number of ether oxygens (including phenoxy) is 2. The van der Waals surface area contributed by atoms with Gasteiger partial charge in [0.15, 0.2) is 5.78 Å². The van der Waals surface area contributed by atoms with Crippen molar-refractivity contribution in [1.29, 1.82) is 0 Å². The number of fused-ring (bicyclic) bond motifs is 1. The molecule has 1 saturated carbocycles. The molecule has 1 heterocycles. The Hall–Kier alpha value is -1.72.